The molecule has 0 aliphatic carbocycles. The van der Waals surface area contributed by atoms with E-state index < -0.39 is 5.91 Å². The highest BCUT2D eigenvalue weighted by atomic mass is 16.5. The van der Waals surface area contributed by atoms with E-state index in [1.165, 1.54) is 0 Å². The van der Waals surface area contributed by atoms with Gasteiger partial charge in [0.05, 0.1) is 0 Å². The lowest BCUT2D eigenvalue weighted by Crippen LogP contribution is -2.23. The van der Waals surface area contributed by atoms with Gasteiger partial charge in [-0.1, -0.05) is 24.8 Å². The molecule has 0 saturated carbocycles. The fraction of sp³-hybridized carbons (Fsp3) is 0.111. The second-order valence-corrected chi connectivity index (χ2v) is 4.87. The van der Waals surface area contributed by atoms with Gasteiger partial charge in [0, 0.05) is 17.7 Å². The zero-order chi connectivity index (χ0) is 16.7. The second-order valence-electron chi connectivity index (χ2n) is 4.87. The van der Waals surface area contributed by atoms with Crippen molar-refractivity contribution in [2.24, 2.45) is 5.73 Å². The molecule has 0 saturated heterocycles. The van der Waals surface area contributed by atoms with E-state index >= 15 is 0 Å². The standard InChI is InChI=1S/C18H18N2O3/c1-2-10-23-16-8-6-14(7-9-16)18(22)20-12-13-4-3-5-15(11-13)17(19)21/h2-9,11H,1,10,12H2,(H2,19,21)(H,20,22). The molecular weight excluding hydrogens is 292 g/mol. The van der Waals surface area contributed by atoms with Crippen LogP contribution in [0.4, 0.5) is 0 Å². The molecule has 0 aliphatic rings. The van der Waals surface area contributed by atoms with Crippen LogP contribution in [0.5, 0.6) is 5.75 Å². The Bertz CT molecular complexity index is 708. The minimum atomic E-state index is -0.492. The smallest absolute Gasteiger partial charge is 0.251 e. The number of hydrogen-bond donors (Lipinski definition) is 2. The van der Waals surface area contributed by atoms with Gasteiger partial charge in [-0.2, -0.15) is 0 Å². The largest absolute Gasteiger partial charge is 0.490 e. The van der Waals surface area contributed by atoms with Crippen LogP contribution in [0, 0.1) is 0 Å². The second kappa shape index (κ2) is 7.79. The SMILES string of the molecule is C=CCOc1ccc(C(=O)NCc2cccc(C(N)=O)c2)cc1. The molecule has 5 nitrogen and oxygen atoms in total. The first-order valence-corrected chi connectivity index (χ1v) is 7.11. The minimum Gasteiger partial charge on any atom is -0.490 e. The summed E-state index contributed by atoms with van der Waals surface area (Å²) in [5.41, 5.74) is 6.99. The Kier molecular flexibility index (Phi) is 5.52. The molecule has 23 heavy (non-hydrogen) atoms. The third-order valence-corrected chi connectivity index (χ3v) is 3.15. The van der Waals surface area contributed by atoms with Crippen molar-refractivity contribution in [3.8, 4) is 5.75 Å². The average Bonchev–Trinajstić information content (AvgIpc) is 2.58. The third-order valence-electron chi connectivity index (χ3n) is 3.15. The van der Waals surface area contributed by atoms with Gasteiger partial charge in [0.2, 0.25) is 5.91 Å². The third kappa shape index (κ3) is 4.71. The van der Waals surface area contributed by atoms with Gasteiger partial charge in [0.1, 0.15) is 12.4 Å². The van der Waals surface area contributed by atoms with Crippen LogP contribution in [0.15, 0.2) is 61.2 Å². The lowest BCUT2D eigenvalue weighted by atomic mass is 10.1. The zero-order valence-electron chi connectivity index (χ0n) is 12.6. The molecule has 0 aromatic heterocycles. The Labute approximate surface area is 134 Å². The number of carbonyl (C=O) groups excluding carboxylic acids is 2. The van der Waals surface area contributed by atoms with E-state index in [0.717, 1.165) is 5.56 Å². The van der Waals surface area contributed by atoms with Crippen LogP contribution >= 0.6 is 0 Å². The van der Waals surface area contributed by atoms with Crippen molar-refractivity contribution >= 4 is 11.8 Å². The molecule has 0 bridgehead atoms. The number of carbonyl (C=O) groups is 2. The fourth-order valence-corrected chi connectivity index (χ4v) is 1.98. The average molecular weight is 310 g/mol. The molecule has 0 radical (unpaired) electrons. The van der Waals surface area contributed by atoms with Gasteiger partial charge in [0.25, 0.3) is 5.91 Å². The highest BCUT2D eigenvalue weighted by Gasteiger charge is 2.06. The summed E-state index contributed by atoms with van der Waals surface area (Å²) < 4.78 is 5.36. The maximum absolute atomic E-state index is 12.1. The lowest BCUT2D eigenvalue weighted by molar-refractivity contribution is 0.0950. The number of nitrogens with one attached hydrogen (secondary N) is 1. The number of benzene rings is 2. The number of nitrogens with two attached hydrogens (primary N) is 1. The van der Waals surface area contributed by atoms with Gasteiger partial charge in [-0.3, -0.25) is 9.59 Å². The van der Waals surface area contributed by atoms with Crippen molar-refractivity contribution in [1.82, 2.24) is 5.32 Å². The van der Waals surface area contributed by atoms with Crippen LogP contribution in [0.2, 0.25) is 0 Å². The van der Waals surface area contributed by atoms with Crippen molar-refractivity contribution in [1.29, 1.82) is 0 Å². The molecular formula is C18H18N2O3. The predicted octanol–water partition coefficient (Wildman–Crippen LogP) is 2.28. The highest BCUT2D eigenvalue weighted by molar-refractivity contribution is 5.94. The van der Waals surface area contributed by atoms with Crippen molar-refractivity contribution < 1.29 is 14.3 Å². The van der Waals surface area contributed by atoms with E-state index in [4.69, 9.17) is 10.5 Å². The molecule has 0 fully saturated rings. The lowest BCUT2D eigenvalue weighted by Gasteiger charge is -2.07. The summed E-state index contributed by atoms with van der Waals surface area (Å²) in [6, 6.07) is 13.7. The van der Waals surface area contributed by atoms with Gasteiger partial charge in [-0.25, -0.2) is 0 Å². The van der Waals surface area contributed by atoms with Crippen LogP contribution in [0.1, 0.15) is 26.3 Å². The van der Waals surface area contributed by atoms with Crippen molar-refractivity contribution in [2.75, 3.05) is 6.61 Å². The van der Waals surface area contributed by atoms with E-state index in [0.29, 0.717) is 30.0 Å². The fourth-order valence-electron chi connectivity index (χ4n) is 1.98. The van der Waals surface area contributed by atoms with Crippen LogP contribution in [0.3, 0.4) is 0 Å². The van der Waals surface area contributed by atoms with Gasteiger partial charge in [-0.05, 0) is 42.0 Å². The molecule has 0 spiro atoms. The number of hydrogen-bond acceptors (Lipinski definition) is 3. The monoisotopic (exact) mass is 310 g/mol. The Morgan fingerprint density at radius 1 is 1.13 bits per heavy atom. The molecule has 118 valence electrons. The molecule has 2 rings (SSSR count). The first kappa shape index (κ1) is 16.3. The van der Waals surface area contributed by atoms with Crippen LogP contribution in [-0.2, 0) is 6.54 Å². The molecule has 2 aromatic carbocycles. The van der Waals surface area contributed by atoms with Crippen molar-refractivity contribution in [3.05, 3.63) is 77.9 Å². The molecule has 5 heteroatoms. The highest BCUT2D eigenvalue weighted by Crippen LogP contribution is 2.12. The van der Waals surface area contributed by atoms with E-state index in [1.54, 1.807) is 48.5 Å². The van der Waals surface area contributed by atoms with Gasteiger partial charge < -0.3 is 15.8 Å². The molecule has 2 aromatic rings. The summed E-state index contributed by atoms with van der Waals surface area (Å²) in [5.74, 6) is -0.0198. The molecule has 0 aliphatic heterocycles. The number of amides is 2. The first-order chi connectivity index (χ1) is 11.1. The summed E-state index contributed by atoms with van der Waals surface area (Å²) in [4.78, 5) is 23.2. The van der Waals surface area contributed by atoms with Crippen LogP contribution in [0.25, 0.3) is 0 Å². The summed E-state index contributed by atoms with van der Waals surface area (Å²) in [6.45, 7) is 4.31. The Balaban J connectivity index is 1.95. The summed E-state index contributed by atoms with van der Waals surface area (Å²) in [6.07, 6.45) is 1.65. The zero-order valence-corrected chi connectivity index (χ0v) is 12.6. The van der Waals surface area contributed by atoms with E-state index in [-0.39, 0.29) is 5.91 Å². The number of ether oxygens (including phenoxy) is 1. The minimum absolute atomic E-state index is 0.204. The first-order valence-electron chi connectivity index (χ1n) is 7.11. The Morgan fingerprint density at radius 2 is 1.87 bits per heavy atom. The van der Waals surface area contributed by atoms with E-state index in [2.05, 4.69) is 11.9 Å². The normalized spacial score (nSPS) is 9.91. The van der Waals surface area contributed by atoms with E-state index in [1.807, 2.05) is 6.07 Å². The quantitative estimate of drug-likeness (QED) is 0.770. The Hall–Kier alpha value is -3.08. The van der Waals surface area contributed by atoms with Gasteiger partial charge in [-0.15, -0.1) is 0 Å². The topological polar surface area (TPSA) is 81.4 Å². The number of primary amides is 1. The van der Waals surface area contributed by atoms with Crippen LogP contribution in [-0.4, -0.2) is 18.4 Å². The molecule has 2 amide bonds. The molecule has 0 heterocycles. The van der Waals surface area contributed by atoms with Crippen molar-refractivity contribution in [3.63, 3.8) is 0 Å². The van der Waals surface area contributed by atoms with Crippen molar-refractivity contribution in [2.45, 2.75) is 6.54 Å². The predicted molar refractivity (Wildman–Crippen MR) is 88.3 cm³/mol. The van der Waals surface area contributed by atoms with Crippen LogP contribution < -0.4 is 15.8 Å². The summed E-state index contributed by atoms with van der Waals surface area (Å²) >= 11 is 0. The van der Waals surface area contributed by atoms with Gasteiger partial charge >= 0.3 is 0 Å². The Morgan fingerprint density at radius 3 is 2.52 bits per heavy atom. The maximum atomic E-state index is 12.1. The van der Waals surface area contributed by atoms with E-state index in [9.17, 15) is 9.59 Å². The number of rotatable bonds is 7. The molecule has 3 N–H and O–H groups in total. The molecule has 0 atom stereocenters. The summed E-state index contributed by atoms with van der Waals surface area (Å²) in [7, 11) is 0. The summed E-state index contributed by atoms with van der Waals surface area (Å²) in [5, 5.41) is 2.80. The maximum Gasteiger partial charge on any atom is 0.251 e. The molecule has 0 unspecified atom stereocenters. The van der Waals surface area contributed by atoms with Gasteiger partial charge in [0.15, 0.2) is 0 Å².